The van der Waals surface area contributed by atoms with Gasteiger partial charge in [0, 0.05) is 23.0 Å². The van der Waals surface area contributed by atoms with Crippen molar-refractivity contribution in [3.63, 3.8) is 0 Å². The number of nitrogens with two attached hydrogens (primary N) is 1. The van der Waals surface area contributed by atoms with Gasteiger partial charge >= 0.3 is 0 Å². The van der Waals surface area contributed by atoms with Crippen molar-refractivity contribution in [2.75, 3.05) is 6.54 Å². The number of ether oxygens (including phenoxy) is 1. The Morgan fingerprint density at radius 3 is 2.90 bits per heavy atom. The molecule has 0 fully saturated rings. The van der Waals surface area contributed by atoms with Crippen molar-refractivity contribution >= 4 is 22.2 Å². The Bertz CT molecular complexity index is 718. The fraction of sp³-hybridized carbons (Fsp3) is 0.188. The molecule has 0 radical (unpaired) electrons. The van der Waals surface area contributed by atoms with Gasteiger partial charge < -0.3 is 10.5 Å². The second kappa shape index (κ2) is 5.61. The highest BCUT2D eigenvalue weighted by atomic mass is 32.1. The number of rotatable bonds is 4. The van der Waals surface area contributed by atoms with Crippen LogP contribution in [0.25, 0.3) is 10.9 Å². The molecule has 3 nitrogen and oxygen atoms in total. The highest BCUT2D eigenvalue weighted by molar-refractivity contribution is 7.10. The molecule has 1 atom stereocenters. The third-order valence-electron chi connectivity index (χ3n) is 3.28. The lowest BCUT2D eigenvalue weighted by atomic mass is 10.2. The number of pyridine rings is 1. The van der Waals surface area contributed by atoms with E-state index in [1.165, 1.54) is 10.4 Å². The van der Waals surface area contributed by atoms with Crippen LogP contribution in [0.15, 0.2) is 48.0 Å². The second-order valence-electron chi connectivity index (χ2n) is 4.64. The lowest BCUT2D eigenvalue weighted by Gasteiger charge is -2.18. The van der Waals surface area contributed by atoms with E-state index in [2.05, 4.69) is 23.4 Å². The van der Waals surface area contributed by atoms with Crippen molar-refractivity contribution in [2.24, 2.45) is 5.73 Å². The molecule has 0 aliphatic heterocycles. The van der Waals surface area contributed by atoms with Gasteiger partial charge in [-0.1, -0.05) is 6.07 Å². The maximum atomic E-state index is 6.15. The molecule has 2 aromatic heterocycles. The molecule has 1 aromatic carbocycles. The predicted octanol–water partition coefficient (Wildman–Crippen LogP) is 3.68. The summed E-state index contributed by atoms with van der Waals surface area (Å²) in [6, 6.07) is 11.9. The molecule has 2 heterocycles. The Morgan fingerprint density at radius 1 is 1.25 bits per heavy atom. The summed E-state index contributed by atoms with van der Waals surface area (Å²) in [7, 11) is 0. The fourth-order valence-corrected chi connectivity index (χ4v) is 3.22. The summed E-state index contributed by atoms with van der Waals surface area (Å²) < 4.78 is 6.15. The summed E-state index contributed by atoms with van der Waals surface area (Å²) >= 11 is 1.69. The van der Waals surface area contributed by atoms with Crippen molar-refractivity contribution < 1.29 is 4.74 Å². The maximum absolute atomic E-state index is 6.15. The number of aryl methyl sites for hydroxylation is 1. The summed E-state index contributed by atoms with van der Waals surface area (Å²) in [4.78, 5) is 5.53. The average molecular weight is 284 g/mol. The Labute approximate surface area is 122 Å². The zero-order valence-electron chi connectivity index (χ0n) is 11.2. The third-order valence-corrected chi connectivity index (χ3v) is 4.39. The van der Waals surface area contributed by atoms with Crippen LogP contribution < -0.4 is 10.5 Å². The first-order chi connectivity index (χ1) is 9.79. The molecule has 0 saturated carbocycles. The van der Waals surface area contributed by atoms with E-state index in [4.69, 9.17) is 10.5 Å². The fourth-order valence-electron chi connectivity index (χ4n) is 2.25. The van der Waals surface area contributed by atoms with Crippen LogP contribution in [0, 0.1) is 6.92 Å². The number of hydrogen-bond acceptors (Lipinski definition) is 4. The first kappa shape index (κ1) is 13.1. The largest absolute Gasteiger partial charge is 0.483 e. The van der Waals surface area contributed by atoms with E-state index in [1.54, 1.807) is 17.5 Å². The van der Waals surface area contributed by atoms with Crippen LogP contribution in [-0.2, 0) is 0 Å². The minimum atomic E-state index is -0.110. The second-order valence-corrected chi connectivity index (χ2v) is 5.58. The summed E-state index contributed by atoms with van der Waals surface area (Å²) in [6.45, 7) is 2.54. The lowest BCUT2D eigenvalue weighted by Crippen LogP contribution is -2.18. The first-order valence-electron chi connectivity index (χ1n) is 6.54. The van der Waals surface area contributed by atoms with E-state index in [-0.39, 0.29) is 6.10 Å². The zero-order chi connectivity index (χ0) is 13.9. The quantitative estimate of drug-likeness (QED) is 0.795. The molecule has 2 N–H and O–H groups in total. The SMILES string of the molecule is Cc1ccsc1C(CN)Oc1cccc2ncccc12. The van der Waals surface area contributed by atoms with Gasteiger partial charge in [-0.2, -0.15) is 0 Å². The van der Waals surface area contributed by atoms with E-state index >= 15 is 0 Å². The predicted molar refractivity (Wildman–Crippen MR) is 83.2 cm³/mol. The third kappa shape index (κ3) is 2.40. The molecule has 0 amide bonds. The smallest absolute Gasteiger partial charge is 0.145 e. The van der Waals surface area contributed by atoms with E-state index in [1.807, 2.05) is 30.3 Å². The molecule has 20 heavy (non-hydrogen) atoms. The van der Waals surface area contributed by atoms with Gasteiger partial charge in [0.2, 0.25) is 0 Å². The molecule has 0 aliphatic carbocycles. The number of aromatic nitrogens is 1. The van der Waals surface area contributed by atoms with Crippen LogP contribution in [0.3, 0.4) is 0 Å². The molecule has 3 aromatic rings. The highest BCUT2D eigenvalue weighted by Crippen LogP contribution is 2.31. The Balaban J connectivity index is 1.98. The molecular formula is C16H16N2OS. The van der Waals surface area contributed by atoms with Crippen LogP contribution in [0.4, 0.5) is 0 Å². The topological polar surface area (TPSA) is 48.1 Å². The van der Waals surface area contributed by atoms with Gasteiger partial charge in [-0.15, -0.1) is 11.3 Å². The summed E-state index contributed by atoms with van der Waals surface area (Å²) in [5, 5.41) is 3.09. The number of fused-ring (bicyclic) bond motifs is 1. The Hall–Kier alpha value is -1.91. The van der Waals surface area contributed by atoms with Gasteiger partial charge in [-0.3, -0.25) is 4.98 Å². The van der Waals surface area contributed by atoms with Crippen LogP contribution in [0.5, 0.6) is 5.75 Å². The van der Waals surface area contributed by atoms with Gasteiger partial charge in [-0.05, 0) is 48.2 Å². The number of benzene rings is 1. The Kier molecular flexibility index (Phi) is 3.67. The summed E-state index contributed by atoms with van der Waals surface area (Å²) in [5.74, 6) is 0.832. The number of hydrogen-bond donors (Lipinski definition) is 1. The van der Waals surface area contributed by atoms with Gasteiger partial charge in [0.15, 0.2) is 0 Å². The highest BCUT2D eigenvalue weighted by Gasteiger charge is 2.16. The van der Waals surface area contributed by atoms with Crippen molar-refractivity contribution in [3.8, 4) is 5.75 Å². The maximum Gasteiger partial charge on any atom is 0.145 e. The van der Waals surface area contributed by atoms with Crippen LogP contribution in [0.2, 0.25) is 0 Å². The van der Waals surface area contributed by atoms with Gasteiger partial charge in [0.1, 0.15) is 11.9 Å². The van der Waals surface area contributed by atoms with Gasteiger partial charge in [0.05, 0.1) is 5.52 Å². The van der Waals surface area contributed by atoms with E-state index in [0.29, 0.717) is 6.54 Å². The minimum Gasteiger partial charge on any atom is -0.483 e. The minimum absolute atomic E-state index is 0.110. The molecule has 0 aliphatic rings. The molecule has 0 spiro atoms. The Morgan fingerprint density at radius 2 is 2.15 bits per heavy atom. The van der Waals surface area contributed by atoms with Crippen molar-refractivity contribution in [1.82, 2.24) is 4.98 Å². The first-order valence-corrected chi connectivity index (χ1v) is 7.42. The van der Waals surface area contributed by atoms with E-state index in [0.717, 1.165) is 16.7 Å². The standard InChI is InChI=1S/C16H16N2OS/c1-11-7-9-20-16(11)15(10-17)19-14-6-2-5-13-12(14)4-3-8-18-13/h2-9,15H,10,17H2,1H3. The number of nitrogens with zero attached hydrogens (tertiary/aromatic N) is 1. The number of thiophene rings is 1. The monoisotopic (exact) mass is 284 g/mol. The molecule has 0 saturated heterocycles. The van der Waals surface area contributed by atoms with Gasteiger partial charge in [0.25, 0.3) is 0 Å². The average Bonchev–Trinajstić information content (AvgIpc) is 2.91. The molecular weight excluding hydrogens is 268 g/mol. The molecule has 4 heteroatoms. The van der Waals surface area contributed by atoms with Gasteiger partial charge in [-0.25, -0.2) is 0 Å². The lowest BCUT2D eigenvalue weighted by molar-refractivity contribution is 0.220. The van der Waals surface area contributed by atoms with Crippen LogP contribution in [-0.4, -0.2) is 11.5 Å². The summed E-state index contributed by atoms with van der Waals surface area (Å²) in [6.07, 6.45) is 1.68. The zero-order valence-corrected chi connectivity index (χ0v) is 12.1. The molecule has 1 unspecified atom stereocenters. The van der Waals surface area contributed by atoms with E-state index < -0.39 is 0 Å². The molecule has 0 bridgehead atoms. The molecule has 102 valence electrons. The van der Waals surface area contributed by atoms with Crippen molar-refractivity contribution in [3.05, 3.63) is 58.4 Å². The van der Waals surface area contributed by atoms with Crippen LogP contribution >= 0.6 is 11.3 Å². The van der Waals surface area contributed by atoms with Crippen LogP contribution in [0.1, 0.15) is 16.5 Å². The van der Waals surface area contributed by atoms with E-state index in [9.17, 15) is 0 Å². The van der Waals surface area contributed by atoms with Crippen molar-refractivity contribution in [2.45, 2.75) is 13.0 Å². The normalized spacial score (nSPS) is 12.5. The van der Waals surface area contributed by atoms with Crippen molar-refractivity contribution in [1.29, 1.82) is 0 Å². The summed E-state index contributed by atoms with van der Waals surface area (Å²) in [5.41, 5.74) is 8.05. The molecule has 3 rings (SSSR count).